The minimum absolute atomic E-state index is 0.272. The predicted molar refractivity (Wildman–Crippen MR) is 68.8 cm³/mol. The second-order valence-electron chi connectivity index (χ2n) is 4.38. The van der Waals surface area contributed by atoms with Crippen molar-refractivity contribution in [3.63, 3.8) is 0 Å². The van der Waals surface area contributed by atoms with E-state index < -0.39 is 5.54 Å². The van der Waals surface area contributed by atoms with Crippen molar-refractivity contribution in [3.8, 4) is 11.8 Å². The maximum absolute atomic E-state index is 12.7. The zero-order chi connectivity index (χ0) is 13.4. The summed E-state index contributed by atoms with van der Waals surface area (Å²) >= 11 is 0. The molecular weight excluding hydrogens is 231 g/mol. The first-order valence-electron chi connectivity index (χ1n) is 6.14. The Morgan fingerprint density at radius 3 is 2.61 bits per heavy atom. The molecule has 0 saturated carbocycles. The van der Waals surface area contributed by atoms with Gasteiger partial charge in [0, 0.05) is 0 Å². The first-order valence-corrected chi connectivity index (χ1v) is 6.14. The monoisotopic (exact) mass is 250 g/mol. The van der Waals surface area contributed by atoms with Crippen molar-refractivity contribution in [2.45, 2.75) is 32.2 Å². The highest BCUT2D eigenvalue weighted by Gasteiger charge is 2.21. The zero-order valence-corrected chi connectivity index (χ0v) is 10.9. The quantitative estimate of drug-likeness (QED) is 0.757. The first-order chi connectivity index (χ1) is 8.59. The van der Waals surface area contributed by atoms with Gasteiger partial charge in [-0.05, 0) is 50.6 Å². The van der Waals surface area contributed by atoms with Crippen molar-refractivity contribution in [2.75, 3.05) is 13.2 Å². The second-order valence-corrected chi connectivity index (χ2v) is 4.38. The molecule has 0 aliphatic carbocycles. The molecule has 1 unspecified atom stereocenters. The minimum atomic E-state index is -0.499. The summed E-state index contributed by atoms with van der Waals surface area (Å²) in [7, 11) is 0. The topological polar surface area (TPSA) is 45.0 Å². The molecule has 0 heterocycles. The Morgan fingerprint density at radius 1 is 1.39 bits per heavy atom. The van der Waals surface area contributed by atoms with Gasteiger partial charge >= 0.3 is 0 Å². The summed E-state index contributed by atoms with van der Waals surface area (Å²) in [6.45, 7) is 5.15. The highest BCUT2D eigenvalue weighted by Crippen LogP contribution is 2.14. The van der Waals surface area contributed by atoms with Crippen LogP contribution in [0, 0.1) is 17.1 Å². The molecular formula is C14H19FN2O. The summed E-state index contributed by atoms with van der Waals surface area (Å²) in [5.41, 5.74) is -0.499. The van der Waals surface area contributed by atoms with Crippen molar-refractivity contribution in [2.24, 2.45) is 0 Å². The van der Waals surface area contributed by atoms with Crippen LogP contribution in [0.25, 0.3) is 0 Å². The van der Waals surface area contributed by atoms with E-state index in [4.69, 9.17) is 10.00 Å². The van der Waals surface area contributed by atoms with Crippen molar-refractivity contribution >= 4 is 0 Å². The van der Waals surface area contributed by atoms with Crippen LogP contribution in [0.3, 0.4) is 0 Å². The second kappa shape index (κ2) is 6.97. The van der Waals surface area contributed by atoms with Gasteiger partial charge in [-0.1, -0.05) is 6.92 Å². The van der Waals surface area contributed by atoms with Crippen LogP contribution in [0.5, 0.6) is 5.75 Å². The van der Waals surface area contributed by atoms with Gasteiger partial charge in [0.25, 0.3) is 0 Å². The summed E-state index contributed by atoms with van der Waals surface area (Å²) in [6, 6.07) is 8.21. The van der Waals surface area contributed by atoms with E-state index in [1.54, 1.807) is 12.1 Å². The molecule has 1 N–H and O–H groups in total. The summed E-state index contributed by atoms with van der Waals surface area (Å²) < 4.78 is 18.1. The summed E-state index contributed by atoms with van der Waals surface area (Å²) in [5.74, 6) is 0.380. The lowest BCUT2D eigenvalue weighted by atomic mass is 9.98. The predicted octanol–water partition coefficient (Wildman–Crippen LogP) is 2.88. The molecule has 0 bridgehead atoms. The summed E-state index contributed by atoms with van der Waals surface area (Å²) in [6.07, 6.45) is 1.49. The molecule has 0 fully saturated rings. The Bertz CT molecular complexity index is 399. The van der Waals surface area contributed by atoms with Crippen LogP contribution in [0.15, 0.2) is 24.3 Å². The lowest BCUT2D eigenvalue weighted by molar-refractivity contribution is 0.286. The van der Waals surface area contributed by atoms with Gasteiger partial charge < -0.3 is 4.74 Å². The number of benzene rings is 1. The lowest BCUT2D eigenvalue weighted by Crippen LogP contribution is -2.40. The molecule has 1 aromatic carbocycles. The van der Waals surface area contributed by atoms with E-state index in [0.29, 0.717) is 12.4 Å². The third kappa shape index (κ3) is 4.72. The fraction of sp³-hybridized carbons (Fsp3) is 0.500. The van der Waals surface area contributed by atoms with Gasteiger partial charge in [-0.2, -0.15) is 5.26 Å². The smallest absolute Gasteiger partial charge is 0.123 e. The van der Waals surface area contributed by atoms with Gasteiger partial charge in [0.1, 0.15) is 17.1 Å². The highest BCUT2D eigenvalue weighted by atomic mass is 19.1. The molecule has 98 valence electrons. The minimum Gasteiger partial charge on any atom is -0.494 e. The van der Waals surface area contributed by atoms with E-state index in [2.05, 4.69) is 11.4 Å². The molecule has 1 rings (SSSR count). The van der Waals surface area contributed by atoms with Gasteiger partial charge in [-0.15, -0.1) is 0 Å². The molecule has 1 atom stereocenters. The molecule has 3 nitrogen and oxygen atoms in total. The summed E-state index contributed by atoms with van der Waals surface area (Å²) in [4.78, 5) is 0. The van der Waals surface area contributed by atoms with Crippen molar-refractivity contribution in [3.05, 3.63) is 30.1 Å². The number of hydrogen-bond acceptors (Lipinski definition) is 3. The molecule has 4 heteroatoms. The molecule has 0 amide bonds. The number of rotatable bonds is 7. The van der Waals surface area contributed by atoms with Crippen molar-refractivity contribution in [1.29, 1.82) is 5.26 Å². The molecule has 1 aromatic rings. The number of halogens is 1. The van der Waals surface area contributed by atoms with E-state index >= 15 is 0 Å². The number of nitriles is 1. The molecule has 0 aliphatic heterocycles. The Morgan fingerprint density at radius 2 is 2.06 bits per heavy atom. The Hall–Kier alpha value is -1.60. The zero-order valence-electron chi connectivity index (χ0n) is 10.9. The highest BCUT2D eigenvalue weighted by molar-refractivity contribution is 5.21. The van der Waals surface area contributed by atoms with Crippen LogP contribution in [0.4, 0.5) is 4.39 Å². The molecule has 0 spiro atoms. The lowest BCUT2D eigenvalue weighted by Gasteiger charge is -2.22. The van der Waals surface area contributed by atoms with Crippen LogP contribution in [0.1, 0.15) is 26.7 Å². The molecule has 0 aromatic heterocycles. The Balaban J connectivity index is 2.30. The maximum atomic E-state index is 12.7. The van der Waals surface area contributed by atoms with Gasteiger partial charge in [0.05, 0.1) is 12.7 Å². The van der Waals surface area contributed by atoms with E-state index in [1.165, 1.54) is 12.1 Å². The van der Waals surface area contributed by atoms with Crippen LogP contribution in [-0.4, -0.2) is 18.7 Å². The fourth-order valence-electron chi connectivity index (χ4n) is 1.72. The first kappa shape index (κ1) is 14.5. The van der Waals surface area contributed by atoms with E-state index in [1.807, 2.05) is 13.8 Å². The Labute approximate surface area is 108 Å². The standard InChI is InChI=1S/C14H19FN2O/c1-3-17-14(2,11-16)9-4-10-18-13-7-5-12(15)6-8-13/h5-8,17H,3-4,9-10H2,1-2H3. The Kier molecular flexibility index (Phi) is 5.60. The molecule has 0 saturated heterocycles. The number of ether oxygens (including phenoxy) is 1. The average Bonchev–Trinajstić information content (AvgIpc) is 2.37. The van der Waals surface area contributed by atoms with Crippen LogP contribution in [-0.2, 0) is 0 Å². The maximum Gasteiger partial charge on any atom is 0.123 e. The van der Waals surface area contributed by atoms with Crippen LogP contribution >= 0.6 is 0 Å². The van der Waals surface area contributed by atoms with Crippen LogP contribution in [0.2, 0.25) is 0 Å². The van der Waals surface area contributed by atoms with Crippen molar-refractivity contribution < 1.29 is 9.13 Å². The van der Waals surface area contributed by atoms with Crippen molar-refractivity contribution in [1.82, 2.24) is 5.32 Å². The molecule has 0 aliphatic rings. The number of nitrogens with zero attached hydrogens (tertiary/aromatic N) is 1. The normalized spacial score (nSPS) is 13.7. The largest absolute Gasteiger partial charge is 0.494 e. The molecule has 18 heavy (non-hydrogen) atoms. The third-order valence-electron chi connectivity index (χ3n) is 2.72. The van der Waals surface area contributed by atoms with Gasteiger partial charge in [0.15, 0.2) is 0 Å². The van der Waals surface area contributed by atoms with E-state index in [9.17, 15) is 4.39 Å². The van der Waals surface area contributed by atoms with E-state index in [0.717, 1.165) is 19.4 Å². The van der Waals surface area contributed by atoms with Gasteiger partial charge in [-0.25, -0.2) is 4.39 Å². The third-order valence-corrected chi connectivity index (χ3v) is 2.72. The number of hydrogen-bond donors (Lipinski definition) is 1. The number of nitrogens with one attached hydrogen (secondary N) is 1. The van der Waals surface area contributed by atoms with E-state index in [-0.39, 0.29) is 5.82 Å². The molecule has 0 radical (unpaired) electrons. The summed E-state index contributed by atoms with van der Waals surface area (Å²) in [5, 5.41) is 12.2. The van der Waals surface area contributed by atoms with Gasteiger partial charge in [-0.3, -0.25) is 5.32 Å². The fourth-order valence-corrected chi connectivity index (χ4v) is 1.72. The van der Waals surface area contributed by atoms with Crippen LogP contribution < -0.4 is 10.1 Å². The SMILES string of the molecule is CCNC(C)(C#N)CCCOc1ccc(F)cc1. The average molecular weight is 250 g/mol. The van der Waals surface area contributed by atoms with Gasteiger partial charge in [0.2, 0.25) is 0 Å².